The van der Waals surface area contributed by atoms with E-state index in [-0.39, 0.29) is 5.60 Å². The quantitative estimate of drug-likeness (QED) is 0.391. The van der Waals surface area contributed by atoms with Crippen LogP contribution in [0.3, 0.4) is 0 Å². The summed E-state index contributed by atoms with van der Waals surface area (Å²) in [6.45, 7) is 13.7. The Morgan fingerprint density at radius 2 is 1.44 bits per heavy atom. The van der Waals surface area contributed by atoms with Gasteiger partial charge in [0.25, 0.3) is 0 Å². The van der Waals surface area contributed by atoms with Gasteiger partial charge in [-0.05, 0) is 38.9 Å². The molecular weight excluding hydrogens is 212 g/mol. The molecule has 0 fully saturated rings. The second kappa shape index (κ2) is 7.49. The molecule has 0 bridgehead atoms. The number of unbranched alkanes of at least 4 members (excludes halogenated alkanes) is 3. The van der Waals surface area contributed by atoms with Crippen LogP contribution in [0.2, 0.25) is 19.6 Å². The lowest BCUT2D eigenvalue weighted by Crippen LogP contribution is -2.42. The summed E-state index contributed by atoms with van der Waals surface area (Å²) in [6.07, 6.45) is 8.98. The lowest BCUT2D eigenvalue weighted by atomic mass is 9.91. The molecule has 16 heavy (non-hydrogen) atoms. The highest BCUT2D eigenvalue weighted by atomic mass is 28.4. The maximum absolute atomic E-state index is 6.44. The van der Waals surface area contributed by atoms with Crippen LogP contribution < -0.4 is 0 Å². The number of rotatable bonds is 9. The Bertz CT molecular complexity index is 168. The van der Waals surface area contributed by atoms with Crippen molar-refractivity contribution in [1.82, 2.24) is 0 Å². The van der Waals surface area contributed by atoms with Crippen LogP contribution in [0.5, 0.6) is 0 Å². The average Bonchev–Trinajstić information content (AvgIpc) is 2.21. The monoisotopic (exact) mass is 244 g/mol. The Kier molecular flexibility index (Phi) is 7.58. The van der Waals surface area contributed by atoms with Gasteiger partial charge in [-0.1, -0.05) is 46.5 Å². The molecule has 0 amide bonds. The second-order valence-corrected chi connectivity index (χ2v) is 10.3. The summed E-state index contributed by atoms with van der Waals surface area (Å²) < 4.78 is 6.44. The average molecular weight is 244 g/mol. The van der Waals surface area contributed by atoms with Crippen molar-refractivity contribution < 1.29 is 4.43 Å². The molecule has 0 saturated carbocycles. The number of hydrogen-bond acceptors (Lipinski definition) is 1. The lowest BCUT2D eigenvalue weighted by Gasteiger charge is -2.38. The summed E-state index contributed by atoms with van der Waals surface area (Å²) >= 11 is 0. The van der Waals surface area contributed by atoms with Crippen molar-refractivity contribution in [2.75, 3.05) is 0 Å². The van der Waals surface area contributed by atoms with Crippen molar-refractivity contribution in [3.63, 3.8) is 0 Å². The van der Waals surface area contributed by atoms with E-state index in [0.717, 1.165) is 0 Å². The van der Waals surface area contributed by atoms with Gasteiger partial charge >= 0.3 is 0 Å². The zero-order chi connectivity index (χ0) is 12.7. The molecule has 2 heteroatoms. The molecular formula is C14H32OSi. The molecule has 0 spiro atoms. The molecule has 0 saturated heterocycles. The molecule has 0 aromatic carbocycles. The van der Waals surface area contributed by atoms with Crippen molar-refractivity contribution in [2.24, 2.45) is 0 Å². The van der Waals surface area contributed by atoms with Gasteiger partial charge in [0.2, 0.25) is 0 Å². The van der Waals surface area contributed by atoms with E-state index in [4.69, 9.17) is 4.43 Å². The molecule has 98 valence electrons. The van der Waals surface area contributed by atoms with Crippen LogP contribution in [0, 0.1) is 0 Å². The van der Waals surface area contributed by atoms with E-state index in [9.17, 15) is 0 Å². The third-order valence-electron chi connectivity index (χ3n) is 3.30. The molecule has 0 aliphatic carbocycles. The van der Waals surface area contributed by atoms with Crippen LogP contribution >= 0.6 is 0 Å². The second-order valence-electron chi connectivity index (χ2n) is 5.92. The van der Waals surface area contributed by atoms with Crippen molar-refractivity contribution in [1.29, 1.82) is 0 Å². The zero-order valence-electron chi connectivity index (χ0n) is 12.4. The summed E-state index contributed by atoms with van der Waals surface area (Å²) in [5.41, 5.74) is 0.179. The SMILES string of the molecule is CCCCCCC(CC)(CC)O[Si](C)(C)C. The van der Waals surface area contributed by atoms with Crippen molar-refractivity contribution in [3.05, 3.63) is 0 Å². The number of hydrogen-bond donors (Lipinski definition) is 0. The normalized spacial score (nSPS) is 13.1. The largest absolute Gasteiger partial charge is 0.412 e. The van der Waals surface area contributed by atoms with E-state index >= 15 is 0 Å². The van der Waals surface area contributed by atoms with E-state index in [2.05, 4.69) is 40.4 Å². The minimum Gasteiger partial charge on any atom is -0.412 e. The molecule has 0 heterocycles. The fraction of sp³-hybridized carbons (Fsp3) is 1.00. The summed E-state index contributed by atoms with van der Waals surface area (Å²) in [4.78, 5) is 0. The van der Waals surface area contributed by atoms with Gasteiger partial charge in [0, 0.05) is 0 Å². The fourth-order valence-corrected chi connectivity index (χ4v) is 4.01. The van der Waals surface area contributed by atoms with E-state index < -0.39 is 8.32 Å². The third-order valence-corrected chi connectivity index (χ3v) is 4.34. The molecule has 0 aliphatic heterocycles. The Hall–Kier alpha value is 0.177. The zero-order valence-corrected chi connectivity index (χ0v) is 13.4. The van der Waals surface area contributed by atoms with Crippen LogP contribution in [-0.2, 0) is 4.43 Å². The Balaban J connectivity index is 4.21. The summed E-state index contributed by atoms with van der Waals surface area (Å²) in [5, 5.41) is 0. The Morgan fingerprint density at radius 3 is 1.81 bits per heavy atom. The standard InChI is InChI=1S/C14H32OSi/c1-7-10-11-12-13-14(8-2,9-3)15-16(4,5)6/h7-13H2,1-6H3. The molecule has 0 radical (unpaired) electrons. The first-order chi connectivity index (χ1) is 7.39. The van der Waals surface area contributed by atoms with Crippen LogP contribution in [0.1, 0.15) is 65.7 Å². The predicted octanol–water partition coefficient (Wildman–Crippen LogP) is 5.37. The van der Waals surface area contributed by atoms with Crippen LogP contribution in [0.4, 0.5) is 0 Å². The molecule has 0 rings (SSSR count). The third kappa shape index (κ3) is 6.69. The van der Waals surface area contributed by atoms with Crippen LogP contribution in [0.15, 0.2) is 0 Å². The Morgan fingerprint density at radius 1 is 0.875 bits per heavy atom. The highest BCUT2D eigenvalue weighted by molar-refractivity contribution is 6.69. The summed E-state index contributed by atoms with van der Waals surface area (Å²) in [7, 11) is -1.40. The first-order valence-corrected chi connectivity index (χ1v) is 10.5. The minimum atomic E-state index is -1.40. The molecule has 0 aromatic rings. The van der Waals surface area contributed by atoms with Gasteiger partial charge in [-0.25, -0.2) is 0 Å². The first-order valence-electron chi connectivity index (χ1n) is 7.09. The maximum Gasteiger partial charge on any atom is 0.184 e. The molecule has 0 aromatic heterocycles. The Labute approximate surface area is 104 Å². The summed E-state index contributed by atoms with van der Waals surface area (Å²) in [5.74, 6) is 0. The van der Waals surface area contributed by atoms with Gasteiger partial charge < -0.3 is 4.43 Å². The fourth-order valence-electron chi connectivity index (χ4n) is 2.32. The predicted molar refractivity (Wildman–Crippen MR) is 76.5 cm³/mol. The van der Waals surface area contributed by atoms with Gasteiger partial charge in [0.15, 0.2) is 8.32 Å². The van der Waals surface area contributed by atoms with E-state index in [1.807, 2.05) is 0 Å². The maximum atomic E-state index is 6.44. The molecule has 0 unspecified atom stereocenters. The van der Waals surface area contributed by atoms with Crippen molar-refractivity contribution in [2.45, 2.75) is 91.0 Å². The van der Waals surface area contributed by atoms with Gasteiger partial charge in [-0.3, -0.25) is 0 Å². The van der Waals surface area contributed by atoms with Gasteiger partial charge in [0.05, 0.1) is 5.60 Å². The molecule has 0 aliphatic rings. The van der Waals surface area contributed by atoms with Crippen LogP contribution in [0.25, 0.3) is 0 Å². The van der Waals surface area contributed by atoms with Crippen molar-refractivity contribution in [3.8, 4) is 0 Å². The first kappa shape index (κ1) is 16.2. The highest BCUT2D eigenvalue weighted by Crippen LogP contribution is 2.31. The van der Waals surface area contributed by atoms with Crippen molar-refractivity contribution >= 4 is 8.32 Å². The van der Waals surface area contributed by atoms with E-state index in [1.165, 1.54) is 44.9 Å². The summed E-state index contributed by atoms with van der Waals surface area (Å²) in [6, 6.07) is 0. The van der Waals surface area contributed by atoms with Gasteiger partial charge in [0.1, 0.15) is 0 Å². The van der Waals surface area contributed by atoms with Gasteiger partial charge in [-0.2, -0.15) is 0 Å². The van der Waals surface area contributed by atoms with Gasteiger partial charge in [-0.15, -0.1) is 0 Å². The topological polar surface area (TPSA) is 9.23 Å². The smallest absolute Gasteiger partial charge is 0.184 e. The minimum absolute atomic E-state index is 0.179. The molecule has 0 atom stereocenters. The van der Waals surface area contributed by atoms with Crippen LogP contribution in [-0.4, -0.2) is 13.9 Å². The van der Waals surface area contributed by atoms with E-state index in [0.29, 0.717) is 0 Å². The van der Waals surface area contributed by atoms with E-state index in [1.54, 1.807) is 0 Å². The molecule has 1 nitrogen and oxygen atoms in total. The lowest BCUT2D eigenvalue weighted by molar-refractivity contribution is 0.0404. The highest BCUT2D eigenvalue weighted by Gasteiger charge is 2.32. The molecule has 0 N–H and O–H groups in total.